The van der Waals surface area contributed by atoms with Crippen LogP contribution in [0.4, 0.5) is 0 Å². The zero-order valence-corrected chi connectivity index (χ0v) is 10.9. The van der Waals surface area contributed by atoms with E-state index in [1.165, 1.54) is 12.8 Å². The van der Waals surface area contributed by atoms with Crippen molar-refractivity contribution in [2.24, 2.45) is 11.7 Å². The van der Waals surface area contributed by atoms with E-state index in [2.05, 4.69) is 10.1 Å². The van der Waals surface area contributed by atoms with Crippen molar-refractivity contribution in [3.8, 4) is 5.75 Å². The van der Waals surface area contributed by atoms with Gasteiger partial charge in [0, 0.05) is 0 Å². The third kappa shape index (κ3) is 2.76. The maximum Gasteiger partial charge on any atom is 0.231 e. The molecule has 2 aromatic rings. The first-order chi connectivity index (χ1) is 9.26. The van der Waals surface area contributed by atoms with Gasteiger partial charge in [-0.25, -0.2) is 0 Å². The lowest BCUT2D eigenvalue weighted by Gasteiger charge is -2.02. The Morgan fingerprint density at radius 3 is 3.05 bits per heavy atom. The summed E-state index contributed by atoms with van der Waals surface area (Å²) in [7, 11) is 1.65. The second-order valence-electron chi connectivity index (χ2n) is 4.94. The van der Waals surface area contributed by atoms with Crippen LogP contribution < -0.4 is 10.5 Å². The molecule has 1 aromatic carbocycles. The predicted molar refractivity (Wildman–Crippen MR) is 69.8 cm³/mol. The van der Waals surface area contributed by atoms with Crippen molar-refractivity contribution in [1.82, 2.24) is 10.1 Å². The van der Waals surface area contributed by atoms with Crippen LogP contribution in [0.15, 0.2) is 28.8 Å². The monoisotopic (exact) mass is 259 g/mol. The summed E-state index contributed by atoms with van der Waals surface area (Å²) in [6, 6.07) is 7.74. The average Bonchev–Trinajstić information content (AvgIpc) is 3.19. The van der Waals surface area contributed by atoms with Gasteiger partial charge in [0.05, 0.1) is 19.6 Å². The predicted octanol–water partition coefficient (Wildman–Crippen LogP) is 2.08. The summed E-state index contributed by atoms with van der Waals surface area (Å²) >= 11 is 0. The van der Waals surface area contributed by atoms with Crippen LogP contribution in [0, 0.1) is 5.92 Å². The summed E-state index contributed by atoms with van der Waals surface area (Å²) in [6.07, 6.45) is 2.93. The third-order valence-corrected chi connectivity index (χ3v) is 3.40. The van der Waals surface area contributed by atoms with Crippen LogP contribution in [0.3, 0.4) is 0 Å². The van der Waals surface area contributed by atoms with Crippen LogP contribution in [-0.4, -0.2) is 17.3 Å². The molecule has 0 spiro atoms. The highest BCUT2D eigenvalue weighted by Gasteiger charge is 2.32. The normalized spacial score (nSPS) is 16.3. The van der Waals surface area contributed by atoms with E-state index in [0.29, 0.717) is 24.1 Å². The molecule has 1 atom stereocenters. The lowest BCUT2D eigenvalue weighted by atomic mass is 10.1. The van der Waals surface area contributed by atoms with Crippen molar-refractivity contribution in [1.29, 1.82) is 0 Å². The fourth-order valence-electron chi connectivity index (χ4n) is 2.10. The van der Waals surface area contributed by atoms with Gasteiger partial charge in [-0.2, -0.15) is 4.98 Å². The fourth-order valence-corrected chi connectivity index (χ4v) is 2.10. The van der Waals surface area contributed by atoms with Gasteiger partial charge < -0.3 is 15.0 Å². The maximum absolute atomic E-state index is 6.05. The van der Waals surface area contributed by atoms with Crippen LogP contribution in [0.2, 0.25) is 0 Å². The van der Waals surface area contributed by atoms with Gasteiger partial charge in [-0.3, -0.25) is 0 Å². The number of hydrogen-bond donors (Lipinski definition) is 1. The molecule has 0 amide bonds. The van der Waals surface area contributed by atoms with E-state index in [-0.39, 0.29) is 6.04 Å². The van der Waals surface area contributed by atoms with Gasteiger partial charge >= 0.3 is 0 Å². The molecule has 1 fully saturated rings. The molecule has 5 heteroatoms. The van der Waals surface area contributed by atoms with Gasteiger partial charge in [0.25, 0.3) is 0 Å². The standard InChI is InChI=1S/C14H17N3O2/c1-18-11-4-2-3-9(7-11)8-12-16-14(17-19-12)13(15)10-5-6-10/h2-4,7,10,13H,5-6,8,15H2,1H3. The van der Waals surface area contributed by atoms with E-state index in [0.717, 1.165) is 11.3 Å². The Kier molecular flexibility index (Phi) is 3.21. The number of methoxy groups -OCH3 is 1. The number of nitrogens with zero attached hydrogens (tertiary/aromatic N) is 2. The Labute approximate surface area is 111 Å². The maximum atomic E-state index is 6.05. The summed E-state index contributed by atoms with van der Waals surface area (Å²) in [5.74, 6) is 2.58. The van der Waals surface area contributed by atoms with Gasteiger partial charge in [-0.05, 0) is 36.5 Å². The minimum absolute atomic E-state index is 0.0807. The van der Waals surface area contributed by atoms with Gasteiger partial charge in [-0.15, -0.1) is 0 Å². The first-order valence-electron chi connectivity index (χ1n) is 6.47. The van der Waals surface area contributed by atoms with Gasteiger partial charge in [0.2, 0.25) is 5.89 Å². The molecule has 1 unspecified atom stereocenters. The van der Waals surface area contributed by atoms with Crippen molar-refractivity contribution < 1.29 is 9.26 Å². The molecule has 1 aromatic heterocycles. The SMILES string of the molecule is COc1cccc(Cc2nc(C(N)C3CC3)no2)c1. The van der Waals surface area contributed by atoms with Gasteiger partial charge in [-0.1, -0.05) is 17.3 Å². The van der Waals surface area contributed by atoms with Crippen molar-refractivity contribution in [2.45, 2.75) is 25.3 Å². The molecule has 0 bridgehead atoms. The van der Waals surface area contributed by atoms with Crippen molar-refractivity contribution >= 4 is 0 Å². The van der Waals surface area contributed by atoms with Crippen LogP contribution in [0.25, 0.3) is 0 Å². The molecule has 1 aliphatic rings. The summed E-state index contributed by atoms with van der Waals surface area (Å²) < 4.78 is 10.4. The minimum Gasteiger partial charge on any atom is -0.497 e. The number of aromatic nitrogens is 2. The van der Waals surface area contributed by atoms with E-state index in [1.54, 1.807) is 7.11 Å². The second kappa shape index (κ2) is 5.01. The summed E-state index contributed by atoms with van der Waals surface area (Å²) in [5, 5.41) is 3.97. The molecule has 5 nitrogen and oxygen atoms in total. The topological polar surface area (TPSA) is 74.2 Å². The molecular formula is C14H17N3O2. The molecule has 0 aliphatic heterocycles. The van der Waals surface area contributed by atoms with E-state index in [1.807, 2.05) is 24.3 Å². The van der Waals surface area contributed by atoms with Crippen molar-refractivity contribution in [3.63, 3.8) is 0 Å². The van der Waals surface area contributed by atoms with E-state index in [9.17, 15) is 0 Å². The molecule has 0 saturated heterocycles. The van der Waals surface area contributed by atoms with E-state index < -0.39 is 0 Å². The number of benzene rings is 1. The Morgan fingerprint density at radius 1 is 1.47 bits per heavy atom. The highest BCUT2D eigenvalue weighted by Crippen LogP contribution is 2.38. The Bertz CT molecular complexity index is 563. The zero-order chi connectivity index (χ0) is 13.2. The molecule has 19 heavy (non-hydrogen) atoms. The third-order valence-electron chi connectivity index (χ3n) is 3.40. The van der Waals surface area contributed by atoms with E-state index >= 15 is 0 Å². The number of rotatable bonds is 5. The van der Waals surface area contributed by atoms with Crippen molar-refractivity contribution in [2.75, 3.05) is 7.11 Å². The minimum atomic E-state index is -0.0807. The molecule has 1 aliphatic carbocycles. The van der Waals surface area contributed by atoms with Crippen molar-refractivity contribution in [3.05, 3.63) is 41.5 Å². The van der Waals surface area contributed by atoms with Gasteiger partial charge in [0.1, 0.15) is 5.75 Å². The zero-order valence-electron chi connectivity index (χ0n) is 10.9. The first-order valence-corrected chi connectivity index (χ1v) is 6.47. The fraction of sp³-hybridized carbons (Fsp3) is 0.429. The van der Waals surface area contributed by atoms with Gasteiger partial charge in [0.15, 0.2) is 5.82 Å². The summed E-state index contributed by atoms with van der Waals surface area (Å²) in [6.45, 7) is 0. The first kappa shape index (κ1) is 12.2. The van der Waals surface area contributed by atoms with Crippen LogP contribution >= 0.6 is 0 Å². The summed E-state index contributed by atoms with van der Waals surface area (Å²) in [4.78, 5) is 4.38. The lowest BCUT2D eigenvalue weighted by molar-refractivity contribution is 0.373. The molecule has 1 saturated carbocycles. The largest absolute Gasteiger partial charge is 0.497 e. The molecule has 1 heterocycles. The molecule has 0 radical (unpaired) electrons. The lowest BCUT2D eigenvalue weighted by Crippen LogP contribution is -2.14. The number of nitrogens with two attached hydrogens (primary N) is 1. The molecule has 100 valence electrons. The van der Waals surface area contributed by atoms with E-state index in [4.69, 9.17) is 15.0 Å². The highest BCUT2D eigenvalue weighted by molar-refractivity contribution is 5.29. The van der Waals surface area contributed by atoms with Crippen LogP contribution in [-0.2, 0) is 6.42 Å². The molecular weight excluding hydrogens is 242 g/mol. The molecule has 3 rings (SSSR count). The quantitative estimate of drug-likeness (QED) is 0.889. The number of hydrogen-bond acceptors (Lipinski definition) is 5. The van der Waals surface area contributed by atoms with Crippen LogP contribution in [0.1, 0.15) is 36.2 Å². The Balaban J connectivity index is 1.72. The average molecular weight is 259 g/mol. The summed E-state index contributed by atoms with van der Waals surface area (Å²) in [5.41, 5.74) is 7.13. The smallest absolute Gasteiger partial charge is 0.231 e. The second-order valence-corrected chi connectivity index (χ2v) is 4.94. The number of ether oxygens (including phenoxy) is 1. The molecule has 2 N–H and O–H groups in total. The Morgan fingerprint density at radius 2 is 2.32 bits per heavy atom. The van der Waals surface area contributed by atoms with Crippen LogP contribution in [0.5, 0.6) is 5.75 Å². The highest BCUT2D eigenvalue weighted by atomic mass is 16.5. The Hall–Kier alpha value is -1.88.